The summed E-state index contributed by atoms with van der Waals surface area (Å²) < 4.78 is 10.8. The molecule has 1 amide bonds. The molecular weight excluding hydrogens is 396 g/mol. The molecule has 1 atom stereocenters. The van der Waals surface area contributed by atoms with Crippen LogP contribution in [0.1, 0.15) is 42.5 Å². The fourth-order valence-corrected chi connectivity index (χ4v) is 3.66. The van der Waals surface area contributed by atoms with E-state index in [0.29, 0.717) is 23.5 Å². The minimum atomic E-state index is -0.710. The van der Waals surface area contributed by atoms with Crippen molar-refractivity contribution in [2.24, 2.45) is 0 Å². The zero-order valence-corrected chi connectivity index (χ0v) is 18.1. The Balaban J connectivity index is 2.04. The molecule has 1 N–H and O–H groups in total. The van der Waals surface area contributed by atoms with Gasteiger partial charge in [0.05, 0.1) is 24.8 Å². The monoisotopic (exact) mass is 424 g/mol. The number of aliphatic hydroxyl groups is 1. The fraction of sp³-hybridized carbons (Fsp3) is 0.375. The Morgan fingerprint density at radius 3 is 2.55 bits per heavy atom. The number of rotatable bonds is 9. The van der Waals surface area contributed by atoms with E-state index >= 15 is 0 Å². The molecule has 7 heteroatoms. The number of carbonyl (C=O) groups excluding carboxylic acids is 2. The van der Waals surface area contributed by atoms with Gasteiger partial charge in [0, 0.05) is 31.6 Å². The van der Waals surface area contributed by atoms with Crippen molar-refractivity contribution in [2.45, 2.75) is 32.7 Å². The lowest BCUT2D eigenvalue weighted by molar-refractivity contribution is -0.140. The number of ketones is 1. The van der Waals surface area contributed by atoms with Gasteiger partial charge in [-0.1, -0.05) is 13.3 Å². The maximum Gasteiger partial charge on any atom is 0.295 e. The number of nitrogens with zero attached hydrogens (tertiary/aromatic N) is 2. The highest BCUT2D eigenvalue weighted by Crippen LogP contribution is 2.39. The molecule has 2 aromatic rings. The van der Waals surface area contributed by atoms with E-state index in [1.54, 1.807) is 36.7 Å². The smallest absolute Gasteiger partial charge is 0.295 e. The first-order chi connectivity index (χ1) is 15.0. The first-order valence-electron chi connectivity index (χ1n) is 10.4. The number of Topliss-reactive ketones (excluding diaryl/α,β-unsaturated/α-hetero) is 1. The van der Waals surface area contributed by atoms with Gasteiger partial charge in [0.2, 0.25) is 0 Å². The number of likely N-dealkylation sites (tertiary alicyclic amines) is 1. The van der Waals surface area contributed by atoms with Gasteiger partial charge in [0.1, 0.15) is 11.5 Å². The molecule has 3 rings (SSSR count). The first kappa shape index (κ1) is 22.5. The third-order valence-electron chi connectivity index (χ3n) is 5.32. The molecule has 1 aromatic heterocycles. The number of hydrogen-bond donors (Lipinski definition) is 1. The minimum absolute atomic E-state index is 0.0649. The first-order valence-corrected chi connectivity index (χ1v) is 10.4. The van der Waals surface area contributed by atoms with E-state index < -0.39 is 17.7 Å². The van der Waals surface area contributed by atoms with Gasteiger partial charge in [-0.05, 0) is 54.8 Å². The summed E-state index contributed by atoms with van der Waals surface area (Å²) >= 11 is 0. The van der Waals surface area contributed by atoms with Crippen LogP contribution in [-0.4, -0.2) is 53.5 Å². The Labute approximate surface area is 182 Å². The predicted octanol–water partition coefficient (Wildman–Crippen LogP) is 3.64. The molecule has 1 saturated heterocycles. The number of pyridine rings is 1. The molecule has 0 unspecified atom stereocenters. The summed E-state index contributed by atoms with van der Waals surface area (Å²) in [5.74, 6) is -0.859. The van der Waals surface area contributed by atoms with E-state index in [0.717, 1.165) is 18.4 Å². The van der Waals surface area contributed by atoms with E-state index in [1.807, 2.05) is 13.0 Å². The van der Waals surface area contributed by atoms with Crippen LogP contribution in [-0.2, 0) is 14.3 Å². The highest BCUT2D eigenvalue weighted by Gasteiger charge is 2.45. The highest BCUT2D eigenvalue weighted by molar-refractivity contribution is 6.46. The van der Waals surface area contributed by atoms with Gasteiger partial charge in [0.25, 0.3) is 11.7 Å². The van der Waals surface area contributed by atoms with Crippen LogP contribution in [0.15, 0.2) is 48.3 Å². The quantitative estimate of drug-likeness (QED) is 0.286. The molecule has 0 bridgehead atoms. The van der Waals surface area contributed by atoms with Crippen molar-refractivity contribution in [3.63, 3.8) is 0 Å². The Kier molecular flexibility index (Phi) is 7.41. The van der Waals surface area contributed by atoms with Crippen molar-refractivity contribution in [3.8, 4) is 5.75 Å². The number of ether oxygens (including phenoxy) is 2. The standard InChI is InChI=1S/C24H28N2O5/c1-4-5-13-31-18-6-7-19(16(2)15-18)22(27)20-21(17-8-10-25-11-9-17)26(12-14-30-3)24(29)23(20)28/h6-11,15,21,27H,4-5,12-14H2,1-3H3/t21-/m1/s1. The molecule has 1 aliphatic heterocycles. The number of benzene rings is 1. The second-order valence-corrected chi connectivity index (χ2v) is 7.44. The predicted molar refractivity (Wildman–Crippen MR) is 117 cm³/mol. The number of unbranched alkanes of at least 4 members (excludes halogenated alkanes) is 1. The summed E-state index contributed by atoms with van der Waals surface area (Å²) in [7, 11) is 1.53. The van der Waals surface area contributed by atoms with Gasteiger partial charge in [-0.15, -0.1) is 0 Å². The Bertz CT molecular complexity index is 971. The van der Waals surface area contributed by atoms with E-state index in [-0.39, 0.29) is 24.5 Å². The molecule has 0 radical (unpaired) electrons. The zero-order chi connectivity index (χ0) is 22.4. The fourth-order valence-electron chi connectivity index (χ4n) is 3.66. The molecular formula is C24H28N2O5. The van der Waals surface area contributed by atoms with Gasteiger partial charge >= 0.3 is 0 Å². The number of carbonyl (C=O) groups is 2. The van der Waals surface area contributed by atoms with Gasteiger partial charge in [0.15, 0.2) is 0 Å². The highest BCUT2D eigenvalue weighted by atomic mass is 16.5. The number of aliphatic hydroxyl groups excluding tert-OH is 1. The van der Waals surface area contributed by atoms with Crippen molar-refractivity contribution in [3.05, 3.63) is 65.0 Å². The van der Waals surface area contributed by atoms with Crippen molar-refractivity contribution >= 4 is 17.4 Å². The van der Waals surface area contributed by atoms with E-state index in [4.69, 9.17) is 9.47 Å². The number of aromatic nitrogens is 1. The van der Waals surface area contributed by atoms with E-state index in [9.17, 15) is 14.7 Å². The SMILES string of the molecule is CCCCOc1ccc(C(O)=C2C(=O)C(=O)N(CCOC)[C@@H]2c2ccncc2)c(C)c1. The lowest BCUT2D eigenvalue weighted by Crippen LogP contribution is -2.32. The Hall–Kier alpha value is -3.19. The third-order valence-corrected chi connectivity index (χ3v) is 5.32. The third kappa shape index (κ3) is 4.77. The second kappa shape index (κ2) is 10.2. The molecule has 2 heterocycles. The molecule has 1 fully saturated rings. The lowest BCUT2D eigenvalue weighted by atomic mass is 9.94. The summed E-state index contributed by atoms with van der Waals surface area (Å²) in [6.07, 6.45) is 5.19. The maximum absolute atomic E-state index is 12.9. The van der Waals surface area contributed by atoms with E-state index in [1.165, 1.54) is 12.0 Å². The van der Waals surface area contributed by atoms with Crippen LogP contribution in [0.5, 0.6) is 5.75 Å². The van der Waals surface area contributed by atoms with Gasteiger partial charge < -0.3 is 19.5 Å². The Morgan fingerprint density at radius 1 is 1.16 bits per heavy atom. The summed E-state index contributed by atoms with van der Waals surface area (Å²) in [6, 6.07) is 8.08. The molecule has 0 aliphatic carbocycles. The molecule has 0 saturated carbocycles. The topological polar surface area (TPSA) is 89.0 Å². The van der Waals surface area contributed by atoms with Crippen molar-refractivity contribution in [1.29, 1.82) is 0 Å². The normalized spacial score (nSPS) is 17.9. The molecule has 1 aromatic carbocycles. The lowest BCUT2D eigenvalue weighted by Gasteiger charge is -2.25. The molecule has 164 valence electrons. The molecule has 31 heavy (non-hydrogen) atoms. The minimum Gasteiger partial charge on any atom is -0.507 e. The number of amides is 1. The summed E-state index contributed by atoms with van der Waals surface area (Å²) in [4.78, 5) is 31.2. The average Bonchev–Trinajstić information content (AvgIpc) is 3.03. The summed E-state index contributed by atoms with van der Waals surface area (Å²) in [5, 5.41) is 11.2. The van der Waals surface area contributed by atoms with Gasteiger partial charge in [-0.3, -0.25) is 14.6 Å². The second-order valence-electron chi connectivity index (χ2n) is 7.44. The number of hydrogen-bond acceptors (Lipinski definition) is 6. The average molecular weight is 424 g/mol. The maximum atomic E-state index is 12.9. The van der Waals surface area contributed by atoms with Crippen LogP contribution in [0.4, 0.5) is 0 Å². The summed E-state index contributed by atoms with van der Waals surface area (Å²) in [5.41, 5.74) is 2.01. The number of methoxy groups -OCH3 is 1. The molecule has 0 spiro atoms. The van der Waals surface area contributed by atoms with Crippen molar-refractivity contribution in [1.82, 2.24) is 9.88 Å². The summed E-state index contributed by atoms with van der Waals surface area (Å²) in [6.45, 7) is 5.06. The van der Waals surface area contributed by atoms with Crippen LogP contribution >= 0.6 is 0 Å². The van der Waals surface area contributed by atoms with Crippen LogP contribution in [0.3, 0.4) is 0 Å². The van der Waals surface area contributed by atoms with E-state index in [2.05, 4.69) is 11.9 Å². The zero-order valence-electron chi connectivity index (χ0n) is 18.1. The molecule has 7 nitrogen and oxygen atoms in total. The van der Waals surface area contributed by atoms with Crippen LogP contribution in [0.25, 0.3) is 5.76 Å². The van der Waals surface area contributed by atoms with Crippen LogP contribution in [0, 0.1) is 6.92 Å². The molecule has 1 aliphatic rings. The van der Waals surface area contributed by atoms with Crippen LogP contribution < -0.4 is 4.74 Å². The Morgan fingerprint density at radius 2 is 1.90 bits per heavy atom. The van der Waals surface area contributed by atoms with Gasteiger partial charge in [-0.25, -0.2) is 0 Å². The van der Waals surface area contributed by atoms with Crippen molar-refractivity contribution < 1.29 is 24.2 Å². The van der Waals surface area contributed by atoms with Crippen LogP contribution in [0.2, 0.25) is 0 Å². The van der Waals surface area contributed by atoms with Crippen molar-refractivity contribution in [2.75, 3.05) is 26.9 Å². The number of aryl methyl sites for hydroxylation is 1. The largest absolute Gasteiger partial charge is 0.507 e. The van der Waals surface area contributed by atoms with Gasteiger partial charge in [-0.2, -0.15) is 0 Å².